The number of nitro groups is 1. The van der Waals surface area contributed by atoms with E-state index in [0.29, 0.717) is 15.6 Å². The van der Waals surface area contributed by atoms with Gasteiger partial charge in [-0.05, 0) is 30.5 Å². The van der Waals surface area contributed by atoms with Crippen LogP contribution in [0, 0.1) is 10.1 Å². The summed E-state index contributed by atoms with van der Waals surface area (Å²) < 4.78 is 4.92. The first-order chi connectivity index (χ1) is 14.2. The summed E-state index contributed by atoms with van der Waals surface area (Å²) in [5, 5.41) is 14.0. The second kappa shape index (κ2) is 10.6. The van der Waals surface area contributed by atoms with Crippen LogP contribution in [-0.2, 0) is 14.3 Å². The monoisotopic (exact) mass is 451 g/mol. The minimum absolute atomic E-state index is 0.251. The van der Waals surface area contributed by atoms with Gasteiger partial charge in [0.2, 0.25) is 5.91 Å². The summed E-state index contributed by atoms with van der Waals surface area (Å²) in [4.78, 5) is 48.6. The Morgan fingerprint density at radius 3 is 2.57 bits per heavy atom. The van der Waals surface area contributed by atoms with Crippen LogP contribution >= 0.6 is 23.4 Å². The third kappa shape index (κ3) is 6.19. The Morgan fingerprint density at radius 2 is 1.93 bits per heavy atom. The number of likely N-dealkylation sites (N-methyl/N-ethyl adjacent to an activating group) is 1. The highest BCUT2D eigenvalue weighted by Gasteiger charge is 2.23. The van der Waals surface area contributed by atoms with E-state index in [9.17, 15) is 24.5 Å². The fraction of sp³-hybridized carbons (Fsp3) is 0.211. The molecule has 0 saturated heterocycles. The number of amides is 2. The molecule has 0 aliphatic rings. The number of para-hydroxylation sites is 1. The number of carbonyl (C=O) groups excluding carboxylic acids is 3. The van der Waals surface area contributed by atoms with Gasteiger partial charge in [0.25, 0.3) is 11.6 Å². The van der Waals surface area contributed by atoms with Crippen molar-refractivity contribution in [1.82, 2.24) is 4.90 Å². The number of hydrogen-bond acceptors (Lipinski definition) is 7. The Kier molecular flexibility index (Phi) is 8.19. The van der Waals surface area contributed by atoms with Crippen LogP contribution in [0.5, 0.6) is 0 Å². The van der Waals surface area contributed by atoms with E-state index < -0.39 is 35.0 Å². The molecule has 9 nitrogen and oxygen atoms in total. The molecule has 0 unspecified atom stereocenters. The number of ether oxygens (including phenoxy) is 1. The van der Waals surface area contributed by atoms with Crippen molar-refractivity contribution in [2.75, 3.05) is 31.8 Å². The maximum absolute atomic E-state index is 12.3. The van der Waals surface area contributed by atoms with Crippen LogP contribution in [0.15, 0.2) is 47.4 Å². The van der Waals surface area contributed by atoms with E-state index in [2.05, 4.69) is 5.32 Å². The van der Waals surface area contributed by atoms with Crippen molar-refractivity contribution in [2.24, 2.45) is 0 Å². The number of nitrogens with zero attached hydrogens (tertiary/aromatic N) is 2. The Bertz CT molecular complexity index is 984. The lowest BCUT2D eigenvalue weighted by atomic mass is 10.2. The molecule has 0 saturated carbocycles. The Labute approximate surface area is 181 Å². The van der Waals surface area contributed by atoms with E-state index in [1.54, 1.807) is 30.5 Å². The predicted molar refractivity (Wildman–Crippen MR) is 113 cm³/mol. The number of anilines is 1. The molecule has 2 aromatic carbocycles. The molecule has 30 heavy (non-hydrogen) atoms. The maximum Gasteiger partial charge on any atom is 0.345 e. The second-order valence-electron chi connectivity index (χ2n) is 5.99. The van der Waals surface area contributed by atoms with Gasteiger partial charge in [-0.3, -0.25) is 19.7 Å². The number of nitro benzene ring substituents is 1. The fourth-order valence-electron chi connectivity index (χ4n) is 2.34. The molecule has 0 spiro atoms. The molecule has 0 aliphatic heterocycles. The van der Waals surface area contributed by atoms with Crippen LogP contribution in [-0.4, -0.2) is 54.1 Å². The zero-order valence-electron chi connectivity index (χ0n) is 16.1. The summed E-state index contributed by atoms with van der Waals surface area (Å²) in [7, 11) is 1.36. The maximum atomic E-state index is 12.3. The van der Waals surface area contributed by atoms with Gasteiger partial charge in [0.15, 0.2) is 6.61 Å². The number of esters is 1. The predicted octanol–water partition coefficient (Wildman–Crippen LogP) is 3.22. The molecule has 1 N–H and O–H groups in total. The molecule has 2 rings (SSSR count). The summed E-state index contributed by atoms with van der Waals surface area (Å²) in [6, 6.07) is 10.7. The van der Waals surface area contributed by atoms with Gasteiger partial charge in [-0.25, -0.2) is 4.79 Å². The third-order valence-corrected chi connectivity index (χ3v) is 4.96. The van der Waals surface area contributed by atoms with Gasteiger partial charge in [-0.15, -0.1) is 11.8 Å². The zero-order chi connectivity index (χ0) is 22.3. The molecular formula is C19H18ClN3O6S. The fourth-order valence-corrected chi connectivity index (χ4v) is 2.96. The van der Waals surface area contributed by atoms with Crippen molar-refractivity contribution in [3.63, 3.8) is 0 Å². The molecule has 2 aromatic rings. The largest absolute Gasteiger partial charge is 0.452 e. The van der Waals surface area contributed by atoms with Crippen LogP contribution in [0.4, 0.5) is 11.4 Å². The molecular weight excluding hydrogens is 434 g/mol. The first kappa shape index (κ1) is 23.2. The van der Waals surface area contributed by atoms with Crippen LogP contribution < -0.4 is 5.32 Å². The second-order valence-corrected chi connectivity index (χ2v) is 7.28. The molecule has 2 amide bonds. The highest BCUT2D eigenvalue weighted by atomic mass is 35.5. The number of benzene rings is 2. The van der Waals surface area contributed by atoms with E-state index in [4.69, 9.17) is 16.3 Å². The van der Waals surface area contributed by atoms with Crippen LogP contribution in [0.25, 0.3) is 0 Å². The molecule has 0 heterocycles. The first-order valence-electron chi connectivity index (χ1n) is 8.50. The molecule has 158 valence electrons. The summed E-state index contributed by atoms with van der Waals surface area (Å²) in [5.41, 5.74) is -0.270. The summed E-state index contributed by atoms with van der Waals surface area (Å²) in [6.07, 6.45) is 1.75. The molecule has 11 heteroatoms. The number of hydrogen-bond donors (Lipinski definition) is 1. The smallest absolute Gasteiger partial charge is 0.345 e. The molecule has 0 aliphatic carbocycles. The first-order valence-corrected chi connectivity index (χ1v) is 10.1. The molecule has 0 aromatic heterocycles. The number of halogens is 1. The summed E-state index contributed by atoms with van der Waals surface area (Å²) in [6.45, 7) is -0.973. The number of rotatable bonds is 8. The molecule has 0 fully saturated rings. The summed E-state index contributed by atoms with van der Waals surface area (Å²) >= 11 is 7.26. The lowest BCUT2D eigenvalue weighted by Crippen LogP contribution is -2.37. The number of carbonyl (C=O) groups is 3. The topological polar surface area (TPSA) is 119 Å². The van der Waals surface area contributed by atoms with Crippen LogP contribution in [0.2, 0.25) is 5.02 Å². The molecule has 0 atom stereocenters. The standard InChI is InChI=1S/C19H18ClN3O6S/c1-22(10-17(24)21-15-6-4-3-5-14(15)20)18(25)11-29-19(26)13-9-12(30-2)7-8-16(13)23(27)28/h3-9H,10-11H2,1-2H3,(H,21,24). The van der Waals surface area contributed by atoms with Gasteiger partial charge in [0.1, 0.15) is 5.56 Å². The van der Waals surface area contributed by atoms with E-state index in [1.165, 1.54) is 37.0 Å². The van der Waals surface area contributed by atoms with Gasteiger partial charge in [0.05, 0.1) is 22.2 Å². The van der Waals surface area contributed by atoms with Crippen molar-refractivity contribution >= 4 is 52.5 Å². The SMILES string of the molecule is CSc1ccc([N+](=O)[O-])c(C(=O)OCC(=O)N(C)CC(=O)Nc2ccccc2Cl)c1. The molecule has 0 radical (unpaired) electrons. The van der Waals surface area contributed by atoms with Crippen LogP contribution in [0.3, 0.4) is 0 Å². The van der Waals surface area contributed by atoms with Gasteiger partial charge >= 0.3 is 5.97 Å². The van der Waals surface area contributed by atoms with Gasteiger partial charge < -0.3 is 15.0 Å². The van der Waals surface area contributed by atoms with E-state index in [-0.39, 0.29) is 12.1 Å². The quantitative estimate of drug-likeness (QED) is 0.283. The lowest BCUT2D eigenvalue weighted by Gasteiger charge is -2.17. The van der Waals surface area contributed by atoms with Crippen molar-refractivity contribution in [3.8, 4) is 0 Å². The molecule has 0 bridgehead atoms. The van der Waals surface area contributed by atoms with Gasteiger partial charge in [-0.1, -0.05) is 23.7 Å². The van der Waals surface area contributed by atoms with Crippen LogP contribution in [0.1, 0.15) is 10.4 Å². The minimum Gasteiger partial charge on any atom is -0.452 e. The number of nitrogens with one attached hydrogen (secondary N) is 1. The van der Waals surface area contributed by atoms with Crippen molar-refractivity contribution < 1.29 is 24.0 Å². The zero-order valence-corrected chi connectivity index (χ0v) is 17.7. The lowest BCUT2D eigenvalue weighted by molar-refractivity contribution is -0.385. The Morgan fingerprint density at radius 1 is 1.23 bits per heavy atom. The van der Waals surface area contributed by atoms with Crippen molar-refractivity contribution in [3.05, 3.63) is 63.2 Å². The van der Waals surface area contributed by atoms with Gasteiger partial charge in [0, 0.05) is 18.0 Å². The van der Waals surface area contributed by atoms with Crippen molar-refractivity contribution in [1.29, 1.82) is 0 Å². The highest BCUT2D eigenvalue weighted by molar-refractivity contribution is 7.98. The van der Waals surface area contributed by atoms with Crippen molar-refractivity contribution in [2.45, 2.75) is 4.90 Å². The van der Waals surface area contributed by atoms with E-state index in [0.717, 1.165) is 4.90 Å². The Hall–Kier alpha value is -3.11. The minimum atomic E-state index is -1.00. The van der Waals surface area contributed by atoms with E-state index >= 15 is 0 Å². The normalized spacial score (nSPS) is 10.2. The Balaban J connectivity index is 1.95. The van der Waals surface area contributed by atoms with E-state index in [1.807, 2.05) is 0 Å². The third-order valence-electron chi connectivity index (χ3n) is 3.90. The number of thioether (sulfide) groups is 1. The average molecular weight is 452 g/mol. The highest BCUT2D eigenvalue weighted by Crippen LogP contribution is 2.25. The summed E-state index contributed by atoms with van der Waals surface area (Å²) in [5.74, 6) is -2.14. The average Bonchev–Trinajstić information content (AvgIpc) is 2.72. The van der Waals surface area contributed by atoms with Gasteiger partial charge in [-0.2, -0.15) is 0 Å².